The number of carbonyl (C=O) groups is 1. The summed E-state index contributed by atoms with van der Waals surface area (Å²) in [6, 6.07) is 11.0. The molecule has 0 spiro atoms. The first-order valence-corrected chi connectivity index (χ1v) is 9.80. The highest BCUT2D eigenvalue weighted by Crippen LogP contribution is 2.28. The zero-order valence-electron chi connectivity index (χ0n) is 14.2. The Hall–Kier alpha value is -2.09. The minimum Gasteiger partial charge on any atom is -0.345 e. The minimum absolute atomic E-state index is 0.0266. The highest BCUT2D eigenvalue weighted by atomic mass is 35.5. The number of halogens is 3. The van der Waals surface area contributed by atoms with Crippen LogP contribution in [0.4, 0.5) is 4.39 Å². The van der Waals surface area contributed by atoms with Gasteiger partial charge in [-0.3, -0.25) is 9.36 Å². The topological polar surface area (TPSA) is 59.8 Å². The second kappa shape index (κ2) is 8.73. The van der Waals surface area contributed by atoms with E-state index in [9.17, 15) is 9.18 Å². The molecule has 3 aromatic rings. The lowest BCUT2D eigenvalue weighted by Gasteiger charge is -2.11. The molecule has 0 radical (unpaired) electrons. The lowest BCUT2D eigenvalue weighted by molar-refractivity contribution is 0.0945. The van der Waals surface area contributed by atoms with E-state index in [4.69, 9.17) is 23.2 Å². The summed E-state index contributed by atoms with van der Waals surface area (Å²) < 4.78 is 15.6. The first-order valence-electron chi connectivity index (χ1n) is 8.06. The van der Waals surface area contributed by atoms with E-state index < -0.39 is 11.7 Å². The Balaban J connectivity index is 1.88. The molecule has 0 fully saturated rings. The number of amides is 1. The summed E-state index contributed by atoms with van der Waals surface area (Å²) >= 11 is 13.6. The fourth-order valence-corrected chi connectivity index (χ4v) is 3.41. The molecule has 3 rings (SSSR count). The number of benzene rings is 2. The number of thioether (sulfide) groups is 1. The van der Waals surface area contributed by atoms with Gasteiger partial charge in [-0.05, 0) is 36.1 Å². The third kappa shape index (κ3) is 4.43. The maximum Gasteiger partial charge on any atom is 0.254 e. The Labute approximate surface area is 169 Å². The number of nitrogens with one attached hydrogen (secondary N) is 1. The van der Waals surface area contributed by atoms with Crippen LogP contribution < -0.4 is 5.32 Å². The summed E-state index contributed by atoms with van der Waals surface area (Å²) in [5, 5.41) is 12.5. The summed E-state index contributed by atoms with van der Waals surface area (Å²) in [5.41, 5.74) is 0.696. The molecule has 0 aliphatic rings. The van der Waals surface area contributed by atoms with Crippen molar-refractivity contribution in [1.82, 2.24) is 20.1 Å². The van der Waals surface area contributed by atoms with Gasteiger partial charge in [0.25, 0.3) is 5.91 Å². The van der Waals surface area contributed by atoms with Crippen molar-refractivity contribution >= 4 is 40.9 Å². The molecule has 2 aromatic carbocycles. The van der Waals surface area contributed by atoms with Gasteiger partial charge in [0.1, 0.15) is 5.82 Å². The lowest BCUT2D eigenvalue weighted by atomic mass is 10.2. The van der Waals surface area contributed by atoms with Crippen LogP contribution in [-0.4, -0.2) is 26.4 Å². The largest absolute Gasteiger partial charge is 0.345 e. The molecule has 0 saturated carbocycles. The molecule has 0 bridgehead atoms. The van der Waals surface area contributed by atoms with Crippen LogP contribution in [0.2, 0.25) is 10.0 Å². The third-order valence-corrected chi connectivity index (χ3v) is 5.21. The van der Waals surface area contributed by atoms with E-state index in [0.29, 0.717) is 21.0 Å². The van der Waals surface area contributed by atoms with E-state index in [0.717, 1.165) is 11.4 Å². The van der Waals surface area contributed by atoms with Crippen molar-refractivity contribution in [2.45, 2.75) is 18.6 Å². The number of carbonyl (C=O) groups excluding carboxylic acids is 1. The van der Waals surface area contributed by atoms with Crippen LogP contribution in [0.15, 0.2) is 47.6 Å². The van der Waals surface area contributed by atoms with E-state index in [-0.39, 0.29) is 12.1 Å². The highest BCUT2D eigenvalue weighted by Gasteiger charge is 2.17. The van der Waals surface area contributed by atoms with Crippen molar-refractivity contribution in [3.63, 3.8) is 0 Å². The number of hydrogen-bond acceptors (Lipinski definition) is 4. The summed E-state index contributed by atoms with van der Waals surface area (Å²) in [6.07, 6.45) is 0. The van der Waals surface area contributed by atoms with Gasteiger partial charge in [-0.2, -0.15) is 0 Å². The Morgan fingerprint density at radius 1 is 1.19 bits per heavy atom. The predicted octanol–water partition coefficient (Wildman–Crippen LogP) is 4.76. The SMILES string of the molecule is CCSc1nnc(CNC(=O)c2ccccc2F)n1-c1ccc(Cl)c(Cl)c1. The van der Waals surface area contributed by atoms with Gasteiger partial charge in [-0.15, -0.1) is 10.2 Å². The first-order chi connectivity index (χ1) is 13.0. The molecular weight excluding hydrogens is 410 g/mol. The van der Waals surface area contributed by atoms with Gasteiger partial charge in [0.2, 0.25) is 0 Å². The molecule has 9 heteroatoms. The smallest absolute Gasteiger partial charge is 0.254 e. The van der Waals surface area contributed by atoms with Crippen LogP contribution in [0.1, 0.15) is 23.1 Å². The summed E-state index contributed by atoms with van der Waals surface area (Å²) in [4.78, 5) is 12.3. The standard InChI is InChI=1S/C18H15Cl2FN4OS/c1-2-27-18-24-23-16(25(18)11-7-8-13(19)14(20)9-11)10-22-17(26)12-5-3-4-6-15(12)21/h3-9H,2,10H2,1H3,(H,22,26). The minimum atomic E-state index is -0.580. The van der Waals surface area contributed by atoms with Gasteiger partial charge < -0.3 is 5.32 Å². The van der Waals surface area contributed by atoms with Gasteiger partial charge in [0.15, 0.2) is 11.0 Å². The average Bonchev–Trinajstić information content (AvgIpc) is 3.05. The lowest BCUT2D eigenvalue weighted by Crippen LogP contribution is -2.25. The van der Waals surface area contributed by atoms with E-state index >= 15 is 0 Å². The van der Waals surface area contributed by atoms with Crippen molar-refractivity contribution in [1.29, 1.82) is 0 Å². The zero-order valence-corrected chi connectivity index (χ0v) is 16.6. The first kappa shape index (κ1) is 19.7. The number of aromatic nitrogens is 3. The molecular formula is C18H15Cl2FN4OS. The Morgan fingerprint density at radius 2 is 1.96 bits per heavy atom. The number of hydrogen-bond donors (Lipinski definition) is 1. The predicted molar refractivity (Wildman–Crippen MR) is 105 cm³/mol. The van der Waals surface area contributed by atoms with Crippen molar-refractivity contribution in [2.75, 3.05) is 5.75 Å². The van der Waals surface area contributed by atoms with Gasteiger partial charge >= 0.3 is 0 Å². The zero-order chi connectivity index (χ0) is 19.4. The second-order valence-corrected chi connectivity index (χ2v) is 7.47. The normalized spacial score (nSPS) is 10.8. The van der Waals surface area contributed by atoms with Gasteiger partial charge in [-0.25, -0.2) is 4.39 Å². The van der Waals surface area contributed by atoms with Crippen LogP contribution in [0.25, 0.3) is 5.69 Å². The molecule has 0 atom stereocenters. The average molecular weight is 425 g/mol. The Kier molecular flexibility index (Phi) is 6.36. The molecule has 27 heavy (non-hydrogen) atoms. The maximum absolute atomic E-state index is 13.8. The van der Waals surface area contributed by atoms with Crippen LogP contribution >= 0.6 is 35.0 Å². The van der Waals surface area contributed by atoms with E-state index in [1.165, 1.54) is 30.0 Å². The van der Waals surface area contributed by atoms with Gasteiger partial charge in [0.05, 0.1) is 27.8 Å². The molecule has 1 heterocycles. The van der Waals surface area contributed by atoms with Crippen LogP contribution in [0.3, 0.4) is 0 Å². The fourth-order valence-electron chi connectivity index (χ4n) is 2.42. The van der Waals surface area contributed by atoms with E-state index in [2.05, 4.69) is 15.5 Å². The Morgan fingerprint density at radius 3 is 2.67 bits per heavy atom. The summed E-state index contributed by atoms with van der Waals surface area (Å²) in [7, 11) is 0. The van der Waals surface area contributed by atoms with E-state index in [1.807, 2.05) is 6.92 Å². The van der Waals surface area contributed by atoms with Crippen molar-refractivity contribution < 1.29 is 9.18 Å². The molecule has 5 nitrogen and oxygen atoms in total. The molecule has 0 aliphatic heterocycles. The molecule has 140 valence electrons. The van der Waals surface area contributed by atoms with Crippen molar-refractivity contribution in [2.24, 2.45) is 0 Å². The number of rotatable bonds is 6. The molecule has 0 saturated heterocycles. The quantitative estimate of drug-likeness (QED) is 0.579. The van der Waals surface area contributed by atoms with Crippen LogP contribution in [-0.2, 0) is 6.54 Å². The van der Waals surface area contributed by atoms with Crippen molar-refractivity contribution in [3.05, 3.63) is 69.7 Å². The third-order valence-electron chi connectivity index (χ3n) is 3.66. The van der Waals surface area contributed by atoms with Crippen molar-refractivity contribution in [3.8, 4) is 5.69 Å². The van der Waals surface area contributed by atoms with Gasteiger partial charge in [-0.1, -0.05) is 54.0 Å². The fraction of sp³-hybridized carbons (Fsp3) is 0.167. The van der Waals surface area contributed by atoms with Gasteiger partial charge in [0, 0.05) is 0 Å². The summed E-state index contributed by atoms with van der Waals surface area (Å²) in [6.45, 7) is 2.07. The molecule has 1 N–H and O–H groups in total. The molecule has 0 unspecified atom stereocenters. The second-order valence-electron chi connectivity index (χ2n) is 5.43. The molecule has 1 aromatic heterocycles. The summed E-state index contributed by atoms with van der Waals surface area (Å²) in [5.74, 6) is 0.180. The molecule has 1 amide bonds. The number of nitrogens with zero attached hydrogens (tertiary/aromatic N) is 3. The van der Waals surface area contributed by atoms with Crippen LogP contribution in [0, 0.1) is 5.82 Å². The highest BCUT2D eigenvalue weighted by molar-refractivity contribution is 7.99. The van der Waals surface area contributed by atoms with E-state index in [1.54, 1.807) is 28.8 Å². The monoisotopic (exact) mass is 424 g/mol. The maximum atomic E-state index is 13.8. The van der Waals surface area contributed by atoms with Crippen LogP contribution in [0.5, 0.6) is 0 Å². The molecule has 0 aliphatic carbocycles. The Bertz CT molecular complexity index is 980.